The normalized spacial score (nSPS) is 16.5. The molecule has 1 amide bonds. The number of carbonyl (C=O) groups excluding carboxylic acids is 1. The molecule has 9 nitrogen and oxygen atoms in total. The average molecular weight is 700 g/mol. The number of carbonyl (C=O) groups is 1. The van der Waals surface area contributed by atoms with E-state index in [1.807, 2.05) is 37.3 Å². The van der Waals surface area contributed by atoms with Gasteiger partial charge in [-0.1, -0.05) is 30.3 Å². The van der Waals surface area contributed by atoms with Crippen molar-refractivity contribution >= 4 is 43.0 Å². The number of sulfone groups is 2. The number of alkyl halides is 3. The highest BCUT2D eigenvalue weighted by molar-refractivity contribution is 7.99. The minimum atomic E-state index is -6.01. The Morgan fingerprint density at radius 3 is 2.24 bits per heavy atom. The van der Waals surface area contributed by atoms with Crippen LogP contribution < -0.4 is 11.1 Å². The molecule has 0 aromatic heterocycles. The van der Waals surface area contributed by atoms with Gasteiger partial charge in [0.2, 0.25) is 15.7 Å². The van der Waals surface area contributed by atoms with Crippen LogP contribution in [0.2, 0.25) is 0 Å². The van der Waals surface area contributed by atoms with Crippen LogP contribution in [0.4, 0.5) is 18.9 Å². The summed E-state index contributed by atoms with van der Waals surface area (Å²) in [7, 11) is -8.99. The number of methoxy groups -OCH3 is 1. The van der Waals surface area contributed by atoms with Crippen LogP contribution in [0.15, 0.2) is 92.4 Å². The molecule has 1 atom stereocenters. The predicted molar refractivity (Wildman–Crippen MR) is 170 cm³/mol. The zero-order chi connectivity index (χ0) is 33.8. The summed E-state index contributed by atoms with van der Waals surface area (Å²) in [6, 6.07) is 16.3. The van der Waals surface area contributed by atoms with E-state index in [1.165, 1.54) is 23.9 Å². The summed E-state index contributed by atoms with van der Waals surface area (Å²) in [6.45, 7) is 4.15. The smallest absolute Gasteiger partial charge is 0.380 e. The molecule has 15 heteroatoms. The number of thioether (sulfide) groups is 1. The molecule has 3 N–H and O–H groups in total. The van der Waals surface area contributed by atoms with Gasteiger partial charge < -0.3 is 20.7 Å². The third-order valence-corrected chi connectivity index (χ3v) is 12.6. The lowest BCUT2D eigenvalue weighted by Crippen LogP contribution is -2.44. The van der Waals surface area contributed by atoms with Crippen LogP contribution in [0.3, 0.4) is 0 Å². The van der Waals surface area contributed by atoms with Crippen molar-refractivity contribution in [3.8, 4) is 0 Å². The van der Waals surface area contributed by atoms with E-state index in [0.29, 0.717) is 24.8 Å². The van der Waals surface area contributed by atoms with Crippen LogP contribution in [0.1, 0.15) is 36.5 Å². The van der Waals surface area contributed by atoms with Gasteiger partial charge in [0.15, 0.2) is 0 Å². The third kappa shape index (κ3) is 8.23. The molecule has 0 spiro atoms. The molecule has 0 radical (unpaired) electrons. The molecular formula is C31H36F3N3O6S3. The van der Waals surface area contributed by atoms with Crippen molar-refractivity contribution in [2.75, 3.05) is 37.8 Å². The molecule has 1 aliphatic rings. The van der Waals surface area contributed by atoms with E-state index < -0.39 is 51.8 Å². The number of anilines is 1. The number of nitrogens with one attached hydrogen (secondary N) is 1. The standard InChI is InChI=1S/C31H36F3N3O6S3/c1-30(43-2)15-18-37(19-16-30)17-14-22(21-44-23-8-4-3-5-9-23)36-26-13-12-24(20-28(26)46(41,42)31(32,33)34)45(39,40)27-11-7-6-10-25(27)29(35)38/h3-13,20,22,36H,14-19,21H2,1-2H3,(H2,35,38). The topological polar surface area (TPSA) is 136 Å². The molecule has 1 fully saturated rings. The molecule has 1 heterocycles. The first-order chi connectivity index (χ1) is 21.6. The van der Waals surface area contributed by atoms with Gasteiger partial charge in [-0.05, 0) is 68.7 Å². The molecule has 46 heavy (non-hydrogen) atoms. The molecule has 0 saturated carbocycles. The van der Waals surface area contributed by atoms with Crippen molar-refractivity contribution in [1.29, 1.82) is 0 Å². The minimum absolute atomic E-state index is 0.224. The summed E-state index contributed by atoms with van der Waals surface area (Å²) in [5, 5.41) is 2.99. The third-order valence-electron chi connectivity index (χ3n) is 8.05. The Hall–Kier alpha value is -3.11. The molecule has 1 saturated heterocycles. The molecule has 4 rings (SSSR count). The van der Waals surface area contributed by atoms with Crippen LogP contribution in [0.5, 0.6) is 0 Å². The Bertz CT molecular complexity index is 1750. The van der Waals surface area contributed by atoms with Crippen molar-refractivity contribution in [1.82, 2.24) is 4.90 Å². The summed E-state index contributed by atoms with van der Waals surface area (Å²) < 4.78 is 100. The Morgan fingerprint density at radius 1 is 1.00 bits per heavy atom. The Morgan fingerprint density at radius 2 is 1.63 bits per heavy atom. The van der Waals surface area contributed by atoms with Crippen molar-refractivity contribution < 1.29 is 39.5 Å². The number of nitrogens with two attached hydrogens (primary N) is 1. The molecule has 0 aliphatic carbocycles. The molecule has 0 bridgehead atoms. The first-order valence-electron chi connectivity index (χ1n) is 14.4. The van der Waals surface area contributed by atoms with Crippen molar-refractivity contribution in [3.05, 3.63) is 78.4 Å². The molecule has 3 aromatic rings. The van der Waals surface area contributed by atoms with Gasteiger partial charge in [0.1, 0.15) is 4.90 Å². The second-order valence-electron chi connectivity index (χ2n) is 11.2. The van der Waals surface area contributed by atoms with E-state index >= 15 is 0 Å². The summed E-state index contributed by atoms with van der Waals surface area (Å²) >= 11 is 1.45. The van der Waals surface area contributed by atoms with Crippen molar-refractivity contribution in [2.45, 2.75) is 62.9 Å². The Balaban J connectivity index is 1.70. The van der Waals surface area contributed by atoms with Crippen LogP contribution >= 0.6 is 11.8 Å². The zero-order valence-electron chi connectivity index (χ0n) is 25.3. The highest BCUT2D eigenvalue weighted by atomic mass is 32.2. The second kappa shape index (κ2) is 14.3. The highest BCUT2D eigenvalue weighted by Gasteiger charge is 2.48. The van der Waals surface area contributed by atoms with Gasteiger partial charge >= 0.3 is 5.51 Å². The largest absolute Gasteiger partial charge is 0.501 e. The van der Waals surface area contributed by atoms with Gasteiger partial charge in [0, 0.05) is 43.4 Å². The number of halogens is 3. The van der Waals surface area contributed by atoms with Gasteiger partial charge in [-0.2, -0.15) is 13.2 Å². The summed E-state index contributed by atoms with van der Waals surface area (Å²) in [4.78, 5) is 12.5. The predicted octanol–water partition coefficient (Wildman–Crippen LogP) is 5.38. The van der Waals surface area contributed by atoms with E-state index in [9.17, 15) is 34.8 Å². The fourth-order valence-electron chi connectivity index (χ4n) is 5.09. The zero-order valence-corrected chi connectivity index (χ0v) is 27.7. The SMILES string of the molecule is COC1(C)CCN(CCC(CSc2ccccc2)Nc2ccc(S(=O)(=O)c3ccccc3C(N)=O)cc2S(=O)(=O)C(F)(F)F)CC1. The Kier molecular flexibility index (Phi) is 11.1. The fraction of sp³-hybridized carbons (Fsp3) is 0.387. The van der Waals surface area contributed by atoms with Gasteiger partial charge in [-0.3, -0.25) is 4.79 Å². The highest BCUT2D eigenvalue weighted by Crippen LogP contribution is 2.38. The lowest BCUT2D eigenvalue weighted by Gasteiger charge is -2.38. The fourth-order valence-corrected chi connectivity index (χ4v) is 8.60. The number of hydrogen-bond donors (Lipinski definition) is 2. The maximum Gasteiger partial charge on any atom is 0.501 e. The number of amides is 1. The number of piperidine rings is 1. The number of primary amides is 1. The number of nitrogens with zero attached hydrogens (tertiary/aromatic N) is 1. The Labute approximate surface area is 271 Å². The molecule has 1 aliphatic heterocycles. The molecule has 1 unspecified atom stereocenters. The summed E-state index contributed by atoms with van der Waals surface area (Å²) in [6.07, 6.45) is 2.08. The average Bonchev–Trinajstić information content (AvgIpc) is 3.03. The lowest BCUT2D eigenvalue weighted by molar-refractivity contribution is -0.0437. The molecule has 3 aromatic carbocycles. The maximum absolute atomic E-state index is 14.0. The second-order valence-corrected chi connectivity index (χ2v) is 16.1. The van der Waals surface area contributed by atoms with Crippen LogP contribution in [-0.2, 0) is 24.4 Å². The van der Waals surface area contributed by atoms with E-state index in [1.54, 1.807) is 7.11 Å². The summed E-state index contributed by atoms with van der Waals surface area (Å²) in [5.74, 6) is -0.689. The van der Waals surface area contributed by atoms with E-state index in [-0.39, 0.29) is 16.9 Å². The van der Waals surface area contributed by atoms with Crippen LogP contribution in [0.25, 0.3) is 0 Å². The van der Waals surface area contributed by atoms with E-state index in [0.717, 1.165) is 55.1 Å². The quantitative estimate of drug-likeness (QED) is 0.226. The van der Waals surface area contributed by atoms with Gasteiger partial charge in [-0.25, -0.2) is 16.8 Å². The van der Waals surface area contributed by atoms with Crippen LogP contribution in [-0.4, -0.2) is 77.3 Å². The van der Waals surface area contributed by atoms with Crippen molar-refractivity contribution in [2.24, 2.45) is 5.73 Å². The van der Waals surface area contributed by atoms with E-state index in [4.69, 9.17) is 10.5 Å². The first kappa shape index (κ1) is 35.7. The van der Waals surface area contributed by atoms with Crippen LogP contribution in [0, 0.1) is 0 Å². The first-order valence-corrected chi connectivity index (χ1v) is 18.3. The monoisotopic (exact) mass is 699 g/mol. The molecular weight excluding hydrogens is 664 g/mol. The molecule has 250 valence electrons. The summed E-state index contributed by atoms with van der Waals surface area (Å²) in [5.41, 5.74) is -1.38. The number of likely N-dealkylation sites (tertiary alicyclic amines) is 1. The maximum atomic E-state index is 14.0. The van der Waals surface area contributed by atoms with E-state index in [2.05, 4.69) is 10.2 Å². The number of hydrogen-bond acceptors (Lipinski definition) is 9. The number of ether oxygens (including phenoxy) is 1. The van der Waals surface area contributed by atoms with Gasteiger partial charge in [0.25, 0.3) is 9.84 Å². The van der Waals surface area contributed by atoms with Gasteiger partial charge in [0.05, 0.1) is 26.6 Å². The number of rotatable bonds is 13. The van der Waals surface area contributed by atoms with Crippen molar-refractivity contribution in [3.63, 3.8) is 0 Å². The number of benzene rings is 3. The van der Waals surface area contributed by atoms with Gasteiger partial charge in [-0.15, -0.1) is 11.8 Å². The minimum Gasteiger partial charge on any atom is -0.380 e. The lowest BCUT2D eigenvalue weighted by atomic mass is 9.93.